The summed E-state index contributed by atoms with van der Waals surface area (Å²) < 4.78 is 1.01. The first-order valence-electron chi connectivity index (χ1n) is 5.44. The number of carbonyl (C=O) groups is 1. The number of hydrogen-bond donors (Lipinski definition) is 2. The van der Waals surface area contributed by atoms with Crippen LogP contribution in [0.5, 0.6) is 0 Å². The molecule has 0 aliphatic heterocycles. The quantitative estimate of drug-likeness (QED) is 0.890. The van der Waals surface area contributed by atoms with Gasteiger partial charge in [-0.2, -0.15) is 0 Å². The Morgan fingerprint density at radius 1 is 1.44 bits per heavy atom. The molecule has 1 saturated carbocycles. The smallest absolute Gasteiger partial charge is 0.238 e. The Morgan fingerprint density at radius 3 is 2.62 bits per heavy atom. The van der Waals surface area contributed by atoms with Gasteiger partial charge in [-0.25, -0.2) is 0 Å². The lowest BCUT2D eigenvalue weighted by Crippen LogP contribution is -2.30. The van der Waals surface area contributed by atoms with E-state index in [1.807, 2.05) is 24.3 Å². The minimum Gasteiger partial charge on any atom is -0.325 e. The van der Waals surface area contributed by atoms with Crippen LogP contribution >= 0.6 is 15.9 Å². The van der Waals surface area contributed by atoms with Crippen molar-refractivity contribution >= 4 is 27.5 Å². The van der Waals surface area contributed by atoms with Gasteiger partial charge >= 0.3 is 0 Å². The number of anilines is 1. The molecule has 1 aliphatic carbocycles. The van der Waals surface area contributed by atoms with Crippen LogP contribution in [-0.4, -0.2) is 18.5 Å². The van der Waals surface area contributed by atoms with Crippen molar-refractivity contribution in [2.45, 2.75) is 19.4 Å². The van der Waals surface area contributed by atoms with E-state index in [1.165, 1.54) is 6.42 Å². The normalized spacial score (nSPS) is 22.9. The third-order valence-electron chi connectivity index (χ3n) is 2.76. The highest BCUT2D eigenvalue weighted by atomic mass is 79.9. The van der Waals surface area contributed by atoms with E-state index in [-0.39, 0.29) is 5.91 Å². The van der Waals surface area contributed by atoms with Crippen molar-refractivity contribution < 1.29 is 4.79 Å². The van der Waals surface area contributed by atoms with Crippen LogP contribution in [0.1, 0.15) is 13.3 Å². The summed E-state index contributed by atoms with van der Waals surface area (Å²) in [4.78, 5) is 11.6. The van der Waals surface area contributed by atoms with Crippen LogP contribution in [0.15, 0.2) is 28.7 Å². The molecule has 0 bridgehead atoms. The van der Waals surface area contributed by atoms with Crippen LogP contribution < -0.4 is 10.6 Å². The van der Waals surface area contributed by atoms with Crippen molar-refractivity contribution in [3.8, 4) is 0 Å². The molecule has 2 atom stereocenters. The molecule has 1 aromatic carbocycles. The molecule has 0 spiro atoms. The zero-order valence-electron chi connectivity index (χ0n) is 9.16. The second-order valence-corrected chi connectivity index (χ2v) is 5.17. The van der Waals surface area contributed by atoms with E-state index in [0.717, 1.165) is 16.1 Å². The first-order valence-corrected chi connectivity index (χ1v) is 6.23. The molecule has 2 N–H and O–H groups in total. The largest absolute Gasteiger partial charge is 0.325 e. The van der Waals surface area contributed by atoms with Gasteiger partial charge in [-0.15, -0.1) is 0 Å². The lowest BCUT2D eigenvalue weighted by atomic mass is 10.3. The second kappa shape index (κ2) is 4.97. The van der Waals surface area contributed by atoms with Gasteiger partial charge in [0.1, 0.15) is 0 Å². The van der Waals surface area contributed by atoms with Crippen molar-refractivity contribution in [3.63, 3.8) is 0 Å². The number of amides is 1. The second-order valence-electron chi connectivity index (χ2n) is 4.26. The maximum absolute atomic E-state index is 11.6. The van der Waals surface area contributed by atoms with Crippen molar-refractivity contribution in [1.29, 1.82) is 0 Å². The number of benzene rings is 1. The Kier molecular flexibility index (Phi) is 3.61. The molecular weight excluding hydrogens is 268 g/mol. The van der Waals surface area contributed by atoms with Gasteiger partial charge in [0, 0.05) is 16.2 Å². The van der Waals surface area contributed by atoms with Crippen LogP contribution in [0, 0.1) is 5.92 Å². The number of halogens is 1. The molecular formula is C12H15BrN2O. The number of carbonyl (C=O) groups excluding carboxylic acids is 1. The summed E-state index contributed by atoms with van der Waals surface area (Å²) >= 11 is 3.35. The Morgan fingerprint density at radius 2 is 2.06 bits per heavy atom. The summed E-state index contributed by atoms with van der Waals surface area (Å²) in [5.74, 6) is 0.738. The highest BCUT2D eigenvalue weighted by Crippen LogP contribution is 2.28. The fourth-order valence-electron chi connectivity index (χ4n) is 1.57. The van der Waals surface area contributed by atoms with Crippen LogP contribution in [0.25, 0.3) is 0 Å². The maximum Gasteiger partial charge on any atom is 0.238 e. The van der Waals surface area contributed by atoms with E-state index >= 15 is 0 Å². The highest BCUT2D eigenvalue weighted by molar-refractivity contribution is 9.10. The summed E-state index contributed by atoms with van der Waals surface area (Å²) in [6.07, 6.45) is 1.19. The summed E-state index contributed by atoms with van der Waals surface area (Å²) in [7, 11) is 0. The topological polar surface area (TPSA) is 41.1 Å². The Bertz CT molecular complexity index is 377. The molecule has 2 rings (SSSR count). The zero-order chi connectivity index (χ0) is 11.5. The van der Waals surface area contributed by atoms with E-state index in [0.29, 0.717) is 12.6 Å². The third kappa shape index (κ3) is 3.32. The molecule has 16 heavy (non-hydrogen) atoms. The Labute approximate surface area is 104 Å². The SMILES string of the molecule is CC1CC1NCC(=O)Nc1ccc(Br)cc1. The van der Waals surface area contributed by atoms with Gasteiger partial charge in [0.25, 0.3) is 0 Å². The number of rotatable bonds is 4. The average Bonchev–Trinajstić information content (AvgIpc) is 2.95. The predicted octanol–water partition coefficient (Wildman–Crippen LogP) is 2.39. The molecule has 0 heterocycles. The van der Waals surface area contributed by atoms with E-state index in [4.69, 9.17) is 0 Å². The van der Waals surface area contributed by atoms with Crippen LogP contribution in [0.2, 0.25) is 0 Å². The number of nitrogens with one attached hydrogen (secondary N) is 2. The summed E-state index contributed by atoms with van der Waals surface area (Å²) in [5, 5.41) is 6.06. The van der Waals surface area contributed by atoms with Gasteiger partial charge in [-0.3, -0.25) is 4.79 Å². The van der Waals surface area contributed by atoms with Crippen molar-refractivity contribution in [3.05, 3.63) is 28.7 Å². The average molecular weight is 283 g/mol. The fraction of sp³-hybridized carbons (Fsp3) is 0.417. The van der Waals surface area contributed by atoms with Gasteiger partial charge in [-0.05, 0) is 36.6 Å². The standard InChI is InChI=1S/C12H15BrN2O/c1-8-6-11(8)14-7-12(16)15-10-4-2-9(13)3-5-10/h2-5,8,11,14H,6-7H2,1H3,(H,15,16). The fourth-order valence-corrected chi connectivity index (χ4v) is 1.83. The first kappa shape index (κ1) is 11.6. The van der Waals surface area contributed by atoms with Gasteiger partial charge in [0.2, 0.25) is 5.91 Å². The van der Waals surface area contributed by atoms with Crippen molar-refractivity contribution in [1.82, 2.24) is 5.32 Å². The Hall–Kier alpha value is -0.870. The van der Waals surface area contributed by atoms with Crippen LogP contribution in [0.4, 0.5) is 5.69 Å². The molecule has 3 nitrogen and oxygen atoms in total. The van der Waals surface area contributed by atoms with E-state index in [9.17, 15) is 4.79 Å². The van der Waals surface area contributed by atoms with E-state index in [1.54, 1.807) is 0 Å². The van der Waals surface area contributed by atoms with Crippen LogP contribution in [-0.2, 0) is 4.79 Å². The monoisotopic (exact) mass is 282 g/mol. The molecule has 0 aromatic heterocycles. The molecule has 86 valence electrons. The summed E-state index contributed by atoms with van der Waals surface area (Å²) in [5.41, 5.74) is 0.832. The first-order chi connectivity index (χ1) is 7.65. The molecule has 1 aliphatic rings. The lowest BCUT2D eigenvalue weighted by molar-refractivity contribution is -0.115. The minimum atomic E-state index is 0.0152. The third-order valence-corrected chi connectivity index (χ3v) is 3.29. The molecule has 1 amide bonds. The van der Waals surface area contributed by atoms with Gasteiger partial charge in [0.15, 0.2) is 0 Å². The van der Waals surface area contributed by atoms with Crippen molar-refractivity contribution in [2.24, 2.45) is 5.92 Å². The Balaban J connectivity index is 1.76. The molecule has 0 saturated heterocycles. The molecule has 1 fully saturated rings. The van der Waals surface area contributed by atoms with Gasteiger partial charge < -0.3 is 10.6 Å². The van der Waals surface area contributed by atoms with Crippen LogP contribution in [0.3, 0.4) is 0 Å². The predicted molar refractivity (Wildman–Crippen MR) is 68.3 cm³/mol. The lowest BCUT2D eigenvalue weighted by Gasteiger charge is -2.06. The molecule has 0 radical (unpaired) electrons. The maximum atomic E-state index is 11.6. The van der Waals surface area contributed by atoms with Gasteiger partial charge in [0.05, 0.1) is 6.54 Å². The summed E-state index contributed by atoms with van der Waals surface area (Å²) in [6.45, 7) is 2.58. The van der Waals surface area contributed by atoms with E-state index in [2.05, 4.69) is 33.5 Å². The molecule has 2 unspecified atom stereocenters. The molecule has 1 aromatic rings. The molecule has 4 heteroatoms. The minimum absolute atomic E-state index is 0.0152. The van der Waals surface area contributed by atoms with Gasteiger partial charge in [-0.1, -0.05) is 22.9 Å². The summed E-state index contributed by atoms with van der Waals surface area (Å²) in [6, 6.07) is 8.11. The van der Waals surface area contributed by atoms with E-state index < -0.39 is 0 Å². The zero-order valence-corrected chi connectivity index (χ0v) is 10.8. The number of hydrogen-bond acceptors (Lipinski definition) is 2. The van der Waals surface area contributed by atoms with Crippen molar-refractivity contribution in [2.75, 3.05) is 11.9 Å². The highest BCUT2D eigenvalue weighted by Gasteiger charge is 2.32.